The number of nitrogens with one attached hydrogen (secondary N) is 2. The quantitative estimate of drug-likeness (QED) is 0.534. The van der Waals surface area contributed by atoms with E-state index in [2.05, 4.69) is 53.5 Å². The van der Waals surface area contributed by atoms with E-state index in [0.29, 0.717) is 12.6 Å². The standard InChI is InChI=1S/C21H34N6OS/c1-6-22-21(23-13-18-16(3)25-26(5)17(18)4)24-14-19(20-8-7-15(2)29-20)27-9-11-28-12-10-27/h7-8,19H,6,9-14H2,1-5H3,(H2,22,23,24). The van der Waals surface area contributed by atoms with Crippen molar-refractivity contribution in [3.8, 4) is 0 Å². The molecule has 3 heterocycles. The lowest BCUT2D eigenvalue weighted by molar-refractivity contribution is 0.0177. The zero-order valence-corrected chi connectivity index (χ0v) is 19.1. The molecule has 0 radical (unpaired) electrons. The van der Waals surface area contributed by atoms with E-state index in [1.165, 1.54) is 21.0 Å². The number of aryl methyl sites for hydroxylation is 3. The molecule has 8 heteroatoms. The Morgan fingerprint density at radius 3 is 2.59 bits per heavy atom. The van der Waals surface area contributed by atoms with Gasteiger partial charge in [-0.25, -0.2) is 4.99 Å². The number of rotatable bonds is 7. The van der Waals surface area contributed by atoms with Gasteiger partial charge in [0.25, 0.3) is 0 Å². The van der Waals surface area contributed by atoms with Crippen molar-refractivity contribution in [2.75, 3.05) is 39.4 Å². The minimum Gasteiger partial charge on any atom is -0.379 e. The van der Waals surface area contributed by atoms with Crippen molar-refractivity contribution >= 4 is 17.3 Å². The summed E-state index contributed by atoms with van der Waals surface area (Å²) in [6, 6.07) is 4.79. The Hall–Kier alpha value is -1.90. The molecule has 0 aliphatic carbocycles. The van der Waals surface area contributed by atoms with E-state index in [-0.39, 0.29) is 0 Å². The van der Waals surface area contributed by atoms with Crippen LogP contribution in [0.3, 0.4) is 0 Å². The number of aliphatic imine (C=N–C) groups is 1. The van der Waals surface area contributed by atoms with Gasteiger partial charge in [0.2, 0.25) is 0 Å². The van der Waals surface area contributed by atoms with Crippen LogP contribution in [0.2, 0.25) is 0 Å². The molecule has 0 amide bonds. The zero-order chi connectivity index (χ0) is 20.8. The van der Waals surface area contributed by atoms with Crippen LogP contribution in [0, 0.1) is 20.8 Å². The normalized spacial score (nSPS) is 16.8. The minimum atomic E-state index is 0.323. The fourth-order valence-corrected chi connectivity index (χ4v) is 4.68. The molecule has 0 aromatic carbocycles. The van der Waals surface area contributed by atoms with Crippen molar-refractivity contribution in [1.82, 2.24) is 25.3 Å². The number of thiophene rings is 1. The molecule has 3 rings (SSSR count). The zero-order valence-electron chi connectivity index (χ0n) is 18.3. The summed E-state index contributed by atoms with van der Waals surface area (Å²) in [6.45, 7) is 14.2. The molecule has 2 aromatic rings. The van der Waals surface area contributed by atoms with Gasteiger partial charge >= 0.3 is 0 Å². The van der Waals surface area contributed by atoms with Gasteiger partial charge in [-0.1, -0.05) is 0 Å². The second-order valence-corrected chi connectivity index (χ2v) is 8.78. The van der Waals surface area contributed by atoms with Crippen molar-refractivity contribution in [2.24, 2.45) is 12.0 Å². The SMILES string of the molecule is CCNC(=NCc1c(C)nn(C)c1C)NCC(c1ccc(C)s1)N1CCOCC1. The number of ether oxygens (including phenoxy) is 1. The molecule has 1 aliphatic heterocycles. The highest BCUT2D eigenvalue weighted by Gasteiger charge is 2.24. The van der Waals surface area contributed by atoms with E-state index < -0.39 is 0 Å². The van der Waals surface area contributed by atoms with Crippen LogP contribution in [-0.4, -0.2) is 60.0 Å². The van der Waals surface area contributed by atoms with Crippen molar-refractivity contribution in [2.45, 2.75) is 40.3 Å². The Balaban J connectivity index is 1.71. The number of hydrogen-bond acceptors (Lipinski definition) is 5. The molecule has 1 atom stereocenters. The van der Waals surface area contributed by atoms with E-state index >= 15 is 0 Å². The third-order valence-electron chi connectivity index (χ3n) is 5.44. The highest BCUT2D eigenvalue weighted by atomic mass is 32.1. The van der Waals surface area contributed by atoms with Crippen LogP contribution < -0.4 is 10.6 Å². The molecule has 1 fully saturated rings. The second-order valence-electron chi connectivity index (χ2n) is 7.46. The first kappa shape index (κ1) is 21.8. The van der Waals surface area contributed by atoms with Crippen LogP contribution in [0.4, 0.5) is 0 Å². The van der Waals surface area contributed by atoms with Crippen molar-refractivity contribution < 1.29 is 4.74 Å². The molecule has 29 heavy (non-hydrogen) atoms. The molecule has 0 bridgehead atoms. The molecule has 7 nitrogen and oxygen atoms in total. The molecule has 160 valence electrons. The Morgan fingerprint density at radius 1 is 1.24 bits per heavy atom. The fourth-order valence-electron chi connectivity index (χ4n) is 3.67. The smallest absolute Gasteiger partial charge is 0.191 e. The summed E-state index contributed by atoms with van der Waals surface area (Å²) >= 11 is 1.88. The van der Waals surface area contributed by atoms with E-state index in [1.54, 1.807) is 0 Å². The van der Waals surface area contributed by atoms with Crippen LogP contribution in [0.15, 0.2) is 17.1 Å². The average Bonchev–Trinajstić information content (AvgIpc) is 3.24. The van der Waals surface area contributed by atoms with Crippen LogP contribution in [0.25, 0.3) is 0 Å². The van der Waals surface area contributed by atoms with E-state index in [4.69, 9.17) is 9.73 Å². The van der Waals surface area contributed by atoms with Gasteiger partial charge in [-0.3, -0.25) is 9.58 Å². The number of hydrogen-bond donors (Lipinski definition) is 2. The predicted octanol–water partition coefficient (Wildman–Crippen LogP) is 2.54. The Morgan fingerprint density at radius 2 is 2.00 bits per heavy atom. The van der Waals surface area contributed by atoms with Crippen LogP contribution in [-0.2, 0) is 18.3 Å². The van der Waals surface area contributed by atoms with Crippen LogP contribution in [0.5, 0.6) is 0 Å². The Kier molecular flexibility index (Phi) is 7.69. The summed E-state index contributed by atoms with van der Waals surface area (Å²) in [6.07, 6.45) is 0. The van der Waals surface area contributed by atoms with E-state index in [1.807, 2.05) is 30.0 Å². The van der Waals surface area contributed by atoms with Crippen LogP contribution in [0.1, 0.15) is 39.7 Å². The van der Waals surface area contributed by atoms with Crippen molar-refractivity contribution in [3.63, 3.8) is 0 Å². The monoisotopic (exact) mass is 418 g/mol. The molecular formula is C21H34N6OS. The number of nitrogens with zero attached hydrogens (tertiary/aromatic N) is 4. The molecule has 2 N–H and O–H groups in total. The highest BCUT2D eigenvalue weighted by molar-refractivity contribution is 7.12. The predicted molar refractivity (Wildman–Crippen MR) is 120 cm³/mol. The third-order valence-corrected chi connectivity index (χ3v) is 6.54. The maximum Gasteiger partial charge on any atom is 0.191 e. The third kappa shape index (κ3) is 5.58. The summed E-state index contributed by atoms with van der Waals surface area (Å²) < 4.78 is 7.49. The first-order valence-electron chi connectivity index (χ1n) is 10.4. The van der Waals surface area contributed by atoms with Gasteiger partial charge in [0.15, 0.2) is 5.96 Å². The van der Waals surface area contributed by atoms with Gasteiger partial charge in [-0.15, -0.1) is 11.3 Å². The molecule has 1 saturated heterocycles. The maximum absolute atomic E-state index is 5.56. The molecule has 1 aliphatic rings. The summed E-state index contributed by atoms with van der Waals surface area (Å²) in [7, 11) is 1.98. The van der Waals surface area contributed by atoms with Crippen molar-refractivity contribution in [1.29, 1.82) is 0 Å². The highest BCUT2D eigenvalue weighted by Crippen LogP contribution is 2.27. The molecule has 1 unspecified atom stereocenters. The lowest BCUT2D eigenvalue weighted by atomic mass is 10.2. The molecule has 0 saturated carbocycles. The van der Waals surface area contributed by atoms with E-state index in [9.17, 15) is 0 Å². The van der Waals surface area contributed by atoms with Gasteiger partial charge in [0.1, 0.15) is 0 Å². The Labute approximate surface area is 178 Å². The summed E-state index contributed by atoms with van der Waals surface area (Å²) in [5.41, 5.74) is 3.41. The maximum atomic E-state index is 5.56. The van der Waals surface area contributed by atoms with E-state index in [0.717, 1.165) is 51.0 Å². The first-order valence-corrected chi connectivity index (χ1v) is 11.2. The van der Waals surface area contributed by atoms with Gasteiger partial charge in [-0.2, -0.15) is 5.10 Å². The van der Waals surface area contributed by atoms with Crippen molar-refractivity contribution in [3.05, 3.63) is 38.8 Å². The molecule has 2 aromatic heterocycles. The second kappa shape index (κ2) is 10.2. The van der Waals surface area contributed by atoms with Gasteiger partial charge < -0.3 is 15.4 Å². The first-order chi connectivity index (χ1) is 14.0. The number of morpholine rings is 1. The molecule has 0 spiro atoms. The Bertz CT molecular complexity index is 821. The number of aromatic nitrogens is 2. The summed E-state index contributed by atoms with van der Waals surface area (Å²) in [5, 5.41) is 11.5. The summed E-state index contributed by atoms with van der Waals surface area (Å²) in [5.74, 6) is 0.849. The lowest BCUT2D eigenvalue weighted by Gasteiger charge is -2.34. The van der Waals surface area contributed by atoms with Gasteiger partial charge in [-0.05, 0) is 39.8 Å². The average molecular weight is 419 g/mol. The van der Waals surface area contributed by atoms with Crippen LogP contribution >= 0.6 is 11.3 Å². The minimum absolute atomic E-state index is 0.323. The number of guanidine groups is 1. The largest absolute Gasteiger partial charge is 0.379 e. The van der Waals surface area contributed by atoms with Gasteiger partial charge in [0, 0.05) is 54.2 Å². The topological polar surface area (TPSA) is 66.7 Å². The molecular weight excluding hydrogens is 384 g/mol. The van der Waals surface area contributed by atoms with Gasteiger partial charge in [0.05, 0.1) is 31.5 Å². The fraction of sp³-hybridized carbons (Fsp3) is 0.619. The lowest BCUT2D eigenvalue weighted by Crippen LogP contribution is -2.46. The summed E-state index contributed by atoms with van der Waals surface area (Å²) in [4.78, 5) is 10.1.